The van der Waals surface area contributed by atoms with Gasteiger partial charge in [-0.1, -0.05) is 20.8 Å². The third kappa shape index (κ3) is 3.42. The van der Waals surface area contributed by atoms with E-state index < -0.39 is 0 Å². The van der Waals surface area contributed by atoms with Crippen molar-refractivity contribution in [2.75, 3.05) is 26.2 Å². The van der Waals surface area contributed by atoms with E-state index >= 15 is 0 Å². The van der Waals surface area contributed by atoms with Crippen molar-refractivity contribution in [3.63, 3.8) is 0 Å². The van der Waals surface area contributed by atoms with Gasteiger partial charge in [-0.25, -0.2) is 0 Å². The summed E-state index contributed by atoms with van der Waals surface area (Å²) in [4.78, 5) is 12.0. The molecule has 1 saturated heterocycles. The molecule has 0 spiro atoms. The van der Waals surface area contributed by atoms with Gasteiger partial charge in [-0.2, -0.15) is 0 Å². The van der Waals surface area contributed by atoms with Crippen LogP contribution in [0.1, 0.15) is 33.6 Å². The summed E-state index contributed by atoms with van der Waals surface area (Å²) in [6.07, 6.45) is 1.78. The van der Waals surface area contributed by atoms with Gasteiger partial charge in [0, 0.05) is 17.9 Å². The first-order valence-electron chi connectivity index (χ1n) is 6.68. The zero-order valence-electron chi connectivity index (χ0n) is 11.3. The van der Waals surface area contributed by atoms with E-state index in [4.69, 9.17) is 0 Å². The molecule has 1 aliphatic rings. The molecule has 0 saturated carbocycles. The summed E-state index contributed by atoms with van der Waals surface area (Å²) in [5.74, 6) is 0.666. The van der Waals surface area contributed by atoms with Crippen LogP contribution in [0.25, 0.3) is 0 Å². The van der Waals surface area contributed by atoms with Gasteiger partial charge >= 0.3 is 0 Å². The predicted molar refractivity (Wildman–Crippen MR) is 68.6 cm³/mol. The fourth-order valence-corrected chi connectivity index (χ4v) is 2.09. The molecular formula is C13H26N2O2. The lowest BCUT2D eigenvalue weighted by Gasteiger charge is -2.34. The fourth-order valence-electron chi connectivity index (χ4n) is 2.09. The quantitative estimate of drug-likeness (QED) is 0.617. The molecule has 4 nitrogen and oxygen atoms in total. The second-order valence-corrected chi connectivity index (χ2v) is 5.29. The Morgan fingerprint density at radius 1 is 1.47 bits per heavy atom. The highest BCUT2D eigenvalue weighted by Gasteiger charge is 2.31. The van der Waals surface area contributed by atoms with E-state index in [1.54, 1.807) is 0 Å². The first kappa shape index (κ1) is 14.5. The summed E-state index contributed by atoms with van der Waals surface area (Å²) in [7, 11) is 0. The second-order valence-electron chi connectivity index (χ2n) is 5.29. The van der Waals surface area contributed by atoms with Crippen molar-refractivity contribution in [1.82, 2.24) is 10.6 Å². The predicted octanol–water partition coefficient (Wildman–Crippen LogP) is 0.757. The Morgan fingerprint density at radius 2 is 2.06 bits per heavy atom. The number of aliphatic hydroxyl groups excluding tert-OH is 1. The summed E-state index contributed by atoms with van der Waals surface area (Å²) in [5.41, 5.74) is -0.146. The zero-order valence-corrected chi connectivity index (χ0v) is 11.3. The van der Waals surface area contributed by atoms with E-state index in [2.05, 4.69) is 24.5 Å². The van der Waals surface area contributed by atoms with E-state index in [1.807, 2.05) is 6.92 Å². The molecule has 0 aromatic rings. The molecule has 1 amide bonds. The van der Waals surface area contributed by atoms with Crippen LogP contribution in [0, 0.1) is 17.3 Å². The van der Waals surface area contributed by atoms with Gasteiger partial charge in [0.05, 0.1) is 6.61 Å². The molecule has 0 bridgehead atoms. The van der Waals surface area contributed by atoms with Gasteiger partial charge in [0.1, 0.15) is 0 Å². The highest BCUT2D eigenvalue weighted by molar-refractivity contribution is 5.78. The largest absolute Gasteiger partial charge is 0.396 e. The third-order valence-corrected chi connectivity index (χ3v) is 4.41. The lowest BCUT2D eigenvalue weighted by Crippen LogP contribution is -2.51. The molecule has 100 valence electrons. The Morgan fingerprint density at radius 3 is 2.41 bits per heavy atom. The molecule has 1 aliphatic heterocycles. The van der Waals surface area contributed by atoms with Gasteiger partial charge in [-0.3, -0.25) is 4.79 Å². The van der Waals surface area contributed by atoms with Crippen molar-refractivity contribution in [2.24, 2.45) is 17.3 Å². The van der Waals surface area contributed by atoms with Gasteiger partial charge in [0.15, 0.2) is 0 Å². The Labute approximate surface area is 104 Å². The number of nitrogens with one attached hydrogen (secondary N) is 2. The van der Waals surface area contributed by atoms with Gasteiger partial charge in [-0.05, 0) is 31.8 Å². The molecule has 17 heavy (non-hydrogen) atoms. The lowest BCUT2D eigenvalue weighted by molar-refractivity contribution is -0.127. The van der Waals surface area contributed by atoms with Gasteiger partial charge in [0.2, 0.25) is 5.91 Å². The first-order chi connectivity index (χ1) is 8.08. The molecule has 0 aromatic heterocycles. The maximum atomic E-state index is 12.0. The topological polar surface area (TPSA) is 61.4 Å². The van der Waals surface area contributed by atoms with Crippen molar-refractivity contribution in [3.8, 4) is 0 Å². The average molecular weight is 242 g/mol. The van der Waals surface area contributed by atoms with Crippen molar-refractivity contribution in [3.05, 3.63) is 0 Å². The van der Waals surface area contributed by atoms with Crippen LogP contribution in [0.15, 0.2) is 0 Å². The first-order valence-corrected chi connectivity index (χ1v) is 6.68. The van der Waals surface area contributed by atoms with Crippen LogP contribution in [0.2, 0.25) is 0 Å². The number of carbonyl (C=O) groups is 1. The zero-order chi connectivity index (χ0) is 12.9. The lowest BCUT2D eigenvalue weighted by atomic mass is 9.82. The summed E-state index contributed by atoms with van der Waals surface area (Å²) in [5, 5.41) is 15.6. The SMILES string of the molecule is CCC(CC)(CO)CNC(=O)C(C)C1CNC1. The van der Waals surface area contributed by atoms with Crippen molar-refractivity contribution >= 4 is 5.91 Å². The summed E-state index contributed by atoms with van der Waals surface area (Å²) in [6, 6.07) is 0. The Balaban J connectivity index is 2.40. The third-order valence-electron chi connectivity index (χ3n) is 4.41. The minimum atomic E-state index is -0.146. The molecule has 1 heterocycles. The van der Waals surface area contributed by atoms with Crippen LogP contribution >= 0.6 is 0 Å². The summed E-state index contributed by atoms with van der Waals surface area (Å²) < 4.78 is 0. The monoisotopic (exact) mass is 242 g/mol. The van der Waals surface area contributed by atoms with Crippen LogP contribution in [0.5, 0.6) is 0 Å². The number of hydrogen-bond donors (Lipinski definition) is 3. The van der Waals surface area contributed by atoms with Crippen LogP contribution < -0.4 is 10.6 Å². The van der Waals surface area contributed by atoms with Crippen molar-refractivity contribution in [2.45, 2.75) is 33.6 Å². The summed E-state index contributed by atoms with van der Waals surface area (Å²) in [6.45, 7) is 8.72. The molecule has 1 atom stereocenters. The van der Waals surface area contributed by atoms with E-state index in [1.165, 1.54) is 0 Å². The molecular weight excluding hydrogens is 216 g/mol. The van der Waals surface area contributed by atoms with Crippen molar-refractivity contribution < 1.29 is 9.90 Å². The maximum absolute atomic E-state index is 12.0. The minimum absolute atomic E-state index is 0.0707. The van der Waals surface area contributed by atoms with Crippen molar-refractivity contribution in [1.29, 1.82) is 0 Å². The van der Waals surface area contributed by atoms with E-state index in [9.17, 15) is 9.90 Å². The Bertz CT molecular complexity index is 240. The van der Waals surface area contributed by atoms with Crippen LogP contribution in [-0.4, -0.2) is 37.3 Å². The molecule has 3 N–H and O–H groups in total. The smallest absolute Gasteiger partial charge is 0.223 e. The van der Waals surface area contributed by atoms with E-state index in [-0.39, 0.29) is 23.8 Å². The van der Waals surface area contributed by atoms with Gasteiger partial charge in [-0.15, -0.1) is 0 Å². The number of hydrogen-bond acceptors (Lipinski definition) is 3. The molecule has 4 heteroatoms. The molecule has 0 aromatic carbocycles. The number of carbonyl (C=O) groups excluding carboxylic acids is 1. The van der Waals surface area contributed by atoms with Crippen LogP contribution in [0.3, 0.4) is 0 Å². The highest BCUT2D eigenvalue weighted by Crippen LogP contribution is 2.25. The van der Waals surface area contributed by atoms with Gasteiger partial charge in [0.25, 0.3) is 0 Å². The number of aliphatic hydroxyl groups is 1. The Hall–Kier alpha value is -0.610. The fraction of sp³-hybridized carbons (Fsp3) is 0.923. The molecule has 0 radical (unpaired) electrons. The molecule has 1 unspecified atom stereocenters. The molecule has 0 aliphatic carbocycles. The van der Waals surface area contributed by atoms with Gasteiger partial charge < -0.3 is 15.7 Å². The van der Waals surface area contributed by atoms with Crippen LogP contribution in [-0.2, 0) is 4.79 Å². The summed E-state index contributed by atoms with van der Waals surface area (Å²) >= 11 is 0. The Kier molecular flexibility index (Phi) is 5.40. The second kappa shape index (κ2) is 6.36. The van der Waals surface area contributed by atoms with E-state index in [0.29, 0.717) is 12.5 Å². The normalized spacial score (nSPS) is 18.6. The molecule has 1 rings (SSSR count). The maximum Gasteiger partial charge on any atom is 0.223 e. The minimum Gasteiger partial charge on any atom is -0.396 e. The molecule has 1 fully saturated rings. The average Bonchev–Trinajstić information content (AvgIpc) is 2.29. The van der Waals surface area contributed by atoms with E-state index in [0.717, 1.165) is 25.9 Å². The standard InChI is InChI=1S/C13H26N2O2/c1-4-13(5-2,9-16)8-15-12(17)10(3)11-6-14-7-11/h10-11,14,16H,4-9H2,1-3H3,(H,15,17). The highest BCUT2D eigenvalue weighted by atomic mass is 16.3. The number of rotatable bonds is 7. The van der Waals surface area contributed by atoms with Crippen LogP contribution in [0.4, 0.5) is 0 Å². The number of amides is 1.